The third kappa shape index (κ3) is 3.55. The monoisotopic (exact) mass is 233 g/mol. The summed E-state index contributed by atoms with van der Waals surface area (Å²) in [7, 11) is 0. The maximum absolute atomic E-state index is 10.1. The van der Waals surface area contributed by atoms with Crippen LogP contribution in [0.2, 0.25) is 0 Å². The summed E-state index contributed by atoms with van der Waals surface area (Å²) < 4.78 is 0. The van der Waals surface area contributed by atoms with Gasteiger partial charge >= 0.3 is 0 Å². The van der Waals surface area contributed by atoms with Crippen LogP contribution in [0.4, 0.5) is 0 Å². The van der Waals surface area contributed by atoms with Gasteiger partial charge in [-0.3, -0.25) is 0 Å². The van der Waals surface area contributed by atoms with Gasteiger partial charge in [-0.1, -0.05) is 37.3 Å². The van der Waals surface area contributed by atoms with Crippen LogP contribution in [0.15, 0.2) is 30.3 Å². The highest BCUT2D eigenvalue weighted by molar-refractivity contribution is 5.15. The lowest BCUT2D eigenvalue weighted by molar-refractivity contribution is -0.0332. The van der Waals surface area contributed by atoms with E-state index in [1.807, 2.05) is 0 Å². The number of rotatable bonds is 6. The summed E-state index contributed by atoms with van der Waals surface area (Å²) in [5.74, 6) is 0. The molecule has 94 valence electrons. The van der Waals surface area contributed by atoms with Gasteiger partial charge in [0.15, 0.2) is 0 Å². The highest BCUT2D eigenvalue weighted by Gasteiger charge is 2.34. The van der Waals surface area contributed by atoms with Crippen molar-refractivity contribution in [3.63, 3.8) is 0 Å². The number of aliphatic hydroxyl groups is 1. The van der Waals surface area contributed by atoms with Crippen LogP contribution in [-0.2, 0) is 6.42 Å². The van der Waals surface area contributed by atoms with Crippen LogP contribution in [0.1, 0.15) is 38.2 Å². The molecule has 0 saturated heterocycles. The minimum Gasteiger partial charge on any atom is -0.389 e. The zero-order valence-corrected chi connectivity index (χ0v) is 10.7. The van der Waals surface area contributed by atoms with Crippen LogP contribution in [-0.4, -0.2) is 23.3 Å². The Morgan fingerprint density at radius 3 is 2.53 bits per heavy atom. The molecule has 0 radical (unpaired) electrons. The van der Waals surface area contributed by atoms with E-state index in [1.165, 1.54) is 12.0 Å². The third-order valence-electron chi connectivity index (χ3n) is 3.82. The summed E-state index contributed by atoms with van der Waals surface area (Å²) in [6.07, 6.45) is 5.25. The van der Waals surface area contributed by atoms with Crippen LogP contribution >= 0.6 is 0 Å². The largest absolute Gasteiger partial charge is 0.389 e. The van der Waals surface area contributed by atoms with E-state index in [0.29, 0.717) is 6.04 Å². The molecule has 1 aromatic rings. The lowest BCUT2D eigenvalue weighted by Crippen LogP contribution is -2.49. The molecule has 2 N–H and O–H groups in total. The highest BCUT2D eigenvalue weighted by Crippen LogP contribution is 2.30. The predicted molar refractivity (Wildman–Crippen MR) is 71.0 cm³/mol. The van der Waals surface area contributed by atoms with Crippen LogP contribution in [0.5, 0.6) is 0 Å². The minimum atomic E-state index is -0.413. The quantitative estimate of drug-likeness (QED) is 0.791. The number of benzene rings is 1. The van der Waals surface area contributed by atoms with E-state index in [4.69, 9.17) is 0 Å². The summed E-state index contributed by atoms with van der Waals surface area (Å²) >= 11 is 0. The summed E-state index contributed by atoms with van der Waals surface area (Å²) in [5.41, 5.74) is 0.955. The maximum Gasteiger partial charge on any atom is 0.0771 e. The van der Waals surface area contributed by atoms with Gasteiger partial charge in [0.05, 0.1) is 5.60 Å². The molecule has 2 nitrogen and oxygen atoms in total. The standard InChI is InChI=1S/C15H23NO/c1-2-14(11-13-7-4-3-5-8-13)16-12-15(17)9-6-10-15/h3-5,7-8,14,16-17H,2,6,9-12H2,1H3. The molecule has 1 fully saturated rings. The van der Waals surface area contributed by atoms with Crippen LogP contribution in [0, 0.1) is 0 Å². The van der Waals surface area contributed by atoms with E-state index in [-0.39, 0.29) is 0 Å². The third-order valence-corrected chi connectivity index (χ3v) is 3.82. The van der Waals surface area contributed by atoms with Crippen LogP contribution in [0.3, 0.4) is 0 Å². The Balaban J connectivity index is 1.80. The molecular weight excluding hydrogens is 210 g/mol. The predicted octanol–water partition coefficient (Wildman–Crippen LogP) is 2.51. The average molecular weight is 233 g/mol. The fourth-order valence-electron chi connectivity index (χ4n) is 2.36. The second-order valence-electron chi connectivity index (χ2n) is 5.25. The van der Waals surface area contributed by atoms with Gasteiger partial charge in [-0.05, 0) is 37.7 Å². The Morgan fingerprint density at radius 1 is 1.29 bits per heavy atom. The van der Waals surface area contributed by atoms with E-state index in [1.54, 1.807) is 0 Å². The van der Waals surface area contributed by atoms with Crippen molar-refractivity contribution in [2.24, 2.45) is 0 Å². The molecular formula is C15H23NO. The molecule has 0 aliphatic heterocycles. The van der Waals surface area contributed by atoms with Crippen molar-refractivity contribution in [3.05, 3.63) is 35.9 Å². The topological polar surface area (TPSA) is 32.3 Å². The smallest absolute Gasteiger partial charge is 0.0771 e. The van der Waals surface area contributed by atoms with Gasteiger partial charge in [0.1, 0.15) is 0 Å². The van der Waals surface area contributed by atoms with E-state index in [9.17, 15) is 5.11 Å². The second kappa shape index (κ2) is 5.65. The fourth-order valence-corrected chi connectivity index (χ4v) is 2.36. The van der Waals surface area contributed by atoms with Crippen molar-refractivity contribution >= 4 is 0 Å². The molecule has 0 bridgehead atoms. The summed E-state index contributed by atoms with van der Waals surface area (Å²) in [4.78, 5) is 0. The Bertz CT molecular complexity index is 332. The molecule has 1 aliphatic rings. The molecule has 2 rings (SSSR count). The SMILES string of the molecule is CCC(Cc1ccccc1)NCC1(O)CCC1. The van der Waals surface area contributed by atoms with Crippen molar-refractivity contribution in [1.29, 1.82) is 0 Å². The maximum atomic E-state index is 10.1. The minimum absolute atomic E-state index is 0.413. The van der Waals surface area contributed by atoms with Crippen molar-refractivity contribution in [1.82, 2.24) is 5.32 Å². The normalized spacial score (nSPS) is 19.6. The van der Waals surface area contributed by atoms with Gasteiger partial charge in [0, 0.05) is 12.6 Å². The van der Waals surface area contributed by atoms with Gasteiger partial charge in [-0.25, -0.2) is 0 Å². The molecule has 1 aliphatic carbocycles. The molecule has 1 unspecified atom stereocenters. The summed E-state index contributed by atoms with van der Waals surface area (Å²) in [6.45, 7) is 2.95. The molecule has 0 heterocycles. The van der Waals surface area contributed by atoms with Crippen LogP contribution < -0.4 is 5.32 Å². The van der Waals surface area contributed by atoms with E-state index in [2.05, 4.69) is 42.6 Å². The lowest BCUT2D eigenvalue weighted by Gasteiger charge is -2.38. The Labute approximate surface area is 104 Å². The Kier molecular flexibility index (Phi) is 4.19. The molecule has 0 spiro atoms. The van der Waals surface area contributed by atoms with Gasteiger partial charge < -0.3 is 10.4 Å². The van der Waals surface area contributed by atoms with E-state index < -0.39 is 5.60 Å². The molecule has 1 aromatic carbocycles. The number of hydrogen-bond acceptors (Lipinski definition) is 2. The molecule has 1 saturated carbocycles. The fraction of sp³-hybridized carbons (Fsp3) is 0.600. The molecule has 2 heteroatoms. The number of nitrogens with one attached hydrogen (secondary N) is 1. The Hall–Kier alpha value is -0.860. The van der Waals surface area contributed by atoms with Crippen molar-refractivity contribution in [2.75, 3.05) is 6.54 Å². The van der Waals surface area contributed by atoms with Crippen molar-refractivity contribution in [2.45, 2.75) is 50.7 Å². The summed E-state index contributed by atoms with van der Waals surface area (Å²) in [6, 6.07) is 11.0. The van der Waals surface area contributed by atoms with Crippen molar-refractivity contribution < 1.29 is 5.11 Å². The molecule has 1 atom stereocenters. The first-order chi connectivity index (χ1) is 8.22. The van der Waals surface area contributed by atoms with Gasteiger partial charge in [-0.2, -0.15) is 0 Å². The zero-order chi connectivity index (χ0) is 12.1. The van der Waals surface area contributed by atoms with Gasteiger partial charge in [0.25, 0.3) is 0 Å². The molecule has 0 amide bonds. The molecule has 0 aromatic heterocycles. The van der Waals surface area contributed by atoms with Crippen molar-refractivity contribution in [3.8, 4) is 0 Å². The van der Waals surface area contributed by atoms with Gasteiger partial charge in [-0.15, -0.1) is 0 Å². The zero-order valence-electron chi connectivity index (χ0n) is 10.7. The highest BCUT2D eigenvalue weighted by atomic mass is 16.3. The average Bonchev–Trinajstić information content (AvgIpc) is 2.33. The van der Waals surface area contributed by atoms with Gasteiger partial charge in [0.2, 0.25) is 0 Å². The first kappa shape index (κ1) is 12.6. The summed E-state index contributed by atoms with van der Waals surface area (Å²) in [5, 5.41) is 13.6. The van der Waals surface area contributed by atoms with E-state index in [0.717, 1.165) is 32.2 Å². The first-order valence-corrected chi connectivity index (χ1v) is 6.71. The van der Waals surface area contributed by atoms with E-state index >= 15 is 0 Å². The first-order valence-electron chi connectivity index (χ1n) is 6.71. The lowest BCUT2D eigenvalue weighted by atomic mass is 9.80. The second-order valence-corrected chi connectivity index (χ2v) is 5.25. The number of hydrogen-bond donors (Lipinski definition) is 2. The molecule has 17 heavy (non-hydrogen) atoms. The Morgan fingerprint density at radius 2 is 2.00 bits per heavy atom. The van der Waals surface area contributed by atoms with Crippen LogP contribution in [0.25, 0.3) is 0 Å².